The molecule has 1 N–H and O–H groups in total. The molecule has 0 bridgehead atoms. The van der Waals surface area contributed by atoms with Crippen LogP contribution in [-0.4, -0.2) is 81.8 Å². The lowest BCUT2D eigenvalue weighted by Gasteiger charge is -2.42. The second-order valence-electron chi connectivity index (χ2n) is 10.0. The van der Waals surface area contributed by atoms with E-state index in [4.69, 9.17) is 9.47 Å². The maximum atomic E-state index is 14.2. The van der Waals surface area contributed by atoms with Gasteiger partial charge in [-0.3, -0.25) is 14.4 Å². The predicted molar refractivity (Wildman–Crippen MR) is 121 cm³/mol. The minimum absolute atomic E-state index is 0.0423. The van der Waals surface area contributed by atoms with Crippen LogP contribution < -0.4 is 0 Å². The number of nitrogens with zero attached hydrogens (tertiary/aromatic N) is 2. The number of carbonyl (C=O) groups is 3. The smallest absolute Gasteiger partial charge is 0.313 e. The number of aliphatic hydroxyl groups excluding tert-OH is 1. The van der Waals surface area contributed by atoms with Crippen LogP contribution in [0.1, 0.15) is 47.5 Å². The fourth-order valence-electron chi connectivity index (χ4n) is 6.19. The van der Waals surface area contributed by atoms with Crippen molar-refractivity contribution in [1.29, 1.82) is 0 Å². The van der Waals surface area contributed by atoms with Crippen LogP contribution in [0.3, 0.4) is 0 Å². The standard InChI is InChI=1S/C25H36N2O6/c1-6-16(5)17(14-28)27-20-22(30)26(15(3)4)12-8-11-25(20)18(21(27)29)19-23(31)32-13-9-10-24(19,7-2)33-25/h8-11,15-20,28H,6-7,12-14H2,1-5H3/t16-,17-,18-,19+,20?,24-,25-/m0/s1. The van der Waals surface area contributed by atoms with Gasteiger partial charge in [0.15, 0.2) is 0 Å². The minimum atomic E-state index is -1.31. The summed E-state index contributed by atoms with van der Waals surface area (Å²) in [6, 6.07) is -1.60. The molecule has 7 atom stereocenters. The molecule has 8 nitrogen and oxygen atoms in total. The van der Waals surface area contributed by atoms with Crippen LogP contribution in [0.15, 0.2) is 24.3 Å². The number of rotatable bonds is 6. The third-order valence-corrected chi connectivity index (χ3v) is 8.13. The average Bonchev–Trinajstić information content (AvgIpc) is 3.06. The van der Waals surface area contributed by atoms with Gasteiger partial charge in [-0.1, -0.05) is 45.4 Å². The molecule has 8 heteroatoms. The molecule has 33 heavy (non-hydrogen) atoms. The number of hydrogen-bond acceptors (Lipinski definition) is 6. The molecule has 0 aliphatic carbocycles. The quantitative estimate of drug-likeness (QED) is 0.479. The van der Waals surface area contributed by atoms with E-state index in [1.165, 1.54) is 4.90 Å². The molecule has 0 saturated carbocycles. The Kier molecular flexibility index (Phi) is 6.20. The van der Waals surface area contributed by atoms with Crippen LogP contribution in [0.5, 0.6) is 0 Å². The van der Waals surface area contributed by atoms with Gasteiger partial charge >= 0.3 is 5.97 Å². The van der Waals surface area contributed by atoms with E-state index in [0.717, 1.165) is 6.42 Å². The van der Waals surface area contributed by atoms with E-state index < -0.39 is 41.1 Å². The van der Waals surface area contributed by atoms with E-state index in [1.807, 2.05) is 52.8 Å². The summed E-state index contributed by atoms with van der Waals surface area (Å²) in [5, 5.41) is 10.3. The molecule has 0 aromatic heterocycles. The van der Waals surface area contributed by atoms with Crippen LogP contribution >= 0.6 is 0 Å². The first-order valence-corrected chi connectivity index (χ1v) is 12.1. The Balaban J connectivity index is 1.94. The van der Waals surface area contributed by atoms with E-state index in [-0.39, 0.29) is 37.0 Å². The molecule has 0 aromatic carbocycles. The van der Waals surface area contributed by atoms with Crippen LogP contribution in [0.4, 0.5) is 0 Å². The summed E-state index contributed by atoms with van der Waals surface area (Å²) in [5.41, 5.74) is -2.33. The highest BCUT2D eigenvalue weighted by atomic mass is 16.6. The lowest BCUT2D eigenvalue weighted by molar-refractivity contribution is -0.162. The normalized spacial score (nSPS) is 37.4. The minimum Gasteiger partial charge on any atom is -0.461 e. The molecule has 4 aliphatic heterocycles. The van der Waals surface area contributed by atoms with Crippen LogP contribution in [0.25, 0.3) is 0 Å². The van der Waals surface area contributed by atoms with Crippen molar-refractivity contribution in [1.82, 2.24) is 9.80 Å². The molecular weight excluding hydrogens is 424 g/mol. The van der Waals surface area contributed by atoms with Gasteiger partial charge in [-0.05, 0) is 32.3 Å². The number of amides is 2. The predicted octanol–water partition coefficient (Wildman–Crippen LogP) is 1.67. The molecule has 4 heterocycles. The molecule has 182 valence electrons. The van der Waals surface area contributed by atoms with Gasteiger partial charge in [0, 0.05) is 12.6 Å². The van der Waals surface area contributed by atoms with Gasteiger partial charge in [-0.25, -0.2) is 0 Å². The third kappa shape index (κ3) is 3.28. The molecule has 2 amide bonds. The zero-order valence-corrected chi connectivity index (χ0v) is 20.2. The highest BCUT2D eigenvalue weighted by Crippen LogP contribution is 2.59. The molecular formula is C25H36N2O6. The number of likely N-dealkylation sites (tertiary alicyclic amines) is 1. The first-order valence-electron chi connectivity index (χ1n) is 12.1. The van der Waals surface area contributed by atoms with Crippen LogP contribution in [0, 0.1) is 17.8 Å². The summed E-state index contributed by atoms with van der Waals surface area (Å²) >= 11 is 0. The Hall–Kier alpha value is -2.19. The molecule has 1 spiro atoms. The van der Waals surface area contributed by atoms with Crippen molar-refractivity contribution >= 4 is 17.8 Å². The first kappa shape index (κ1) is 24.0. The average molecular weight is 461 g/mol. The summed E-state index contributed by atoms with van der Waals surface area (Å²) in [5.74, 6) is -2.82. The third-order valence-electron chi connectivity index (χ3n) is 8.13. The summed E-state index contributed by atoms with van der Waals surface area (Å²) < 4.78 is 12.2. The van der Waals surface area contributed by atoms with E-state index in [0.29, 0.717) is 13.0 Å². The fourth-order valence-corrected chi connectivity index (χ4v) is 6.19. The highest BCUT2D eigenvalue weighted by molar-refractivity contribution is 5.99. The van der Waals surface area contributed by atoms with E-state index in [1.54, 1.807) is 11.0 Å². The van der Waals surface area contributed by atoms with E-state index in [2.05, 4.69) is 0 Å². The monoisotopic (exact) mass is 460 g/mol. The second-order valence-corrected chi connectivity index (χ2v) is 10.0. The maximum Gasteiger partial charge on any atom is 0.313 e. The summed E-state index contributed by atoms with van der Waals surface area (Å²) in [6.07, 6.45) is 8.50. The fraction of sp³-hybridized carbons (Fsp3) is 0.720. The van der Waals surface area contributed by atoms with Crippen molar-refractivity contribution in [2.24, 2.45) is 17.8 Å². The molecule has 0 radical (unpaired) electrons. The molecule has 2 fully saturated rings. The summed E-state index contributed by atoms with van der Waals surface area (Å²) in [6.45, 7) is 10.0. The number of fused-ring (bicyclic) bond motifs is 2. The van der Waals surface area contributed by atoms with Gasteiger partial charge in [0.05, 0.1) is 18.6 Å². The SMILES string of the molecule is CC[C@H](C)[C@H](CO)N1C(=O)[C@@H]2[C@@H]3C(=O)OCC=C[C@]3(CC)O[C@@]23C=CCN(C(C)C)C(=O)C13. The molecule has 4 rings (SSSR count). The van der Waals surface area contributed by atoms with Gasteiger partial charge in [0.2, 0.25) is 11.8 Å². The second kappa shape index (κ2) is 8.55. The number of hydrogen-bond donors (Lipinski definition) is 1. The van der Waals surface area contributed by atoms with Crippen molar-refractivity contribution in [2.45, 2.75) is 76.8 Å². The van der Waals surface area contributed by atoms with E-state index in [9.17, 15) is 19.5 Å². The van der Waals surface area contributed by atoms with Crippen molar-refractivity contribution in [3.63, 3.8) is 0 Å². The van der Waals surface area contributed by atoms with Crippen molar-refractivity contribution < 1.29 is 29.0 Å². The number of cyclic esters (lactones) is 1. The zero-order valence-electron chi connectivity index (χ0n) is 20.2. The topological polar surface area (TPSA) is 96.4 Å². The highest BCUT2D eigenvalue weighted by Gasteiger charge is 2.76. The Bertz CT molecular complexity index is 884. The molecule has 2 saturated heterocycles. The molecule has 0 aromatic rings. The lowest BCUT2D eigenvalue weighted by Crippen LogP contribution is -2.60. The summed E-state index contributed by atoms with van der Waals surface area (Å²) in [4.78, 5) is 44.7. The van der Waals surface area contributed by atoms with Gasteiger partial charge in [0.25, 0.3) is 0 Å². The van der Waals surface area contributed by atoms with Crippen molar-refractivity contribution in [2.75, 3.05) is 19.8 Å². The van der Waals surface area contributed by atoms with Gasteiger partial charge in [-0.2, -0.15) is 0 Å². The molecule has 1 unspecified atom stereocenters. The Morgan fingerprint density at radius 1 is 1.09 bits per heavy atom. The Morgan fingerprint density at radius 2 is 1.82 bits per heavy atom. The number of ether oxygens (including phenoxy) is 2. The lowest BCUT2D eigenvalue weighted by atomic mass is 9.73. The van der Waals surface area contributed by atoms with Gasteiger partial charge in [0.1, 0.15) is 29.8 Å². The Morgan fingerprint density at radius 3 is 2.42 bits per heavy atom. The number of carbonyl (C=O) groups excluding carboxylic acids is 3. The molecule has 4 aliphatic rings. The number of aliphatic hydroxyl groups is 1. The van der Waals surface area contributed by atoms with Crippen molar-refractivity contribution in [3.8, 4) is 0 Å². The van der Waals surface area contributed by atoms with Gasteiger partial charge < -0.3 is 24.4 Å². The van der Waals surface area contributed by atoms with Crippen LogP contribution in [0.2, 0.25) is 0 Å². The Labute approximate surface area is 195 Å². The van der Waals surface area contributed by atoms with Gasteiger partial charge in [-0.15, -0.1) is 0 Å². The van der Waals surface area contributed by atoms with Crippen LogP contribution in [-0.2, 0) is 23.9 Å². The summed E-state index contributed by atoms with van der Waals surface area (Å²) in [7, 11) is 0. The van der Waals surface area contributed by atoms with E-state index >= 15 is 0 Å². The largest absolute Gasteiger partial charge is 0.461 e. The zero-order chi connectivity index (χ0) is 24.1. The first-order chi connectivity index (χ1) is 15.7. The van der Waals surface area contributed by atoms with Crippen molar-refractivity contribution in [3.05, 3.63) is 24.3 Å². The number of esters is 1. The maximum absolute atomic E-state index is 14.2.